The summed E-state index contributed by atoms with van der Waals surface area (Å²) in [6.07, 6.45) is 0.723. The fourth-order valence-electron chi connectivity index (χ4n) is 2.56. The van der Waals surface area contributed by atoms with Gasteiger partial charge in [-0.3, -0.25) is 9.59 Å². The highest BCUT2D eigenvalue weighted by molar-refractivity contribution is 5.84. The largest absolute Gasteiger partial charge is 0.483 e. The Kier molecular flexibility index (Phi) is 6.57. The van der Waals surface area contributed by atoms with E-state index in [0.717, 1.165) is 12.0 Å². The van der Waals surface area contributed by atoms with Crippen LogP contribution in [0, 0.1) is 0 Å². The average molecular weight is 340 g/mol. The zero-order valence-corrected chi connectivity index (χ0v) is 14.6. The molecule has 0 saturated carbocycles. The van der Waals surface area contributed by atoms with Crippen LogP contribution in [0.1, 0.15) is 25.0 Å². The van der Waals surface area contributed by atoms with E-state index in [1.54, 1.807) is 0 Å². The minimum Gasteiger partial charge on any atom is -0.483 e. The number of benzene rings is 2. The van der Waals surface area contributed by atoms with Gasteiger partial charge in [-0.1, -0.05) is 48.5 Å². The fourth-order valence-corrected chi connectivity index (χ4v) is 2.56. The third kappa shape index (κ3) is 5.64. The van der Waals surface area contributed by atoms with E-state index in [4.69, 9.17) is 10.5 Å². The van der Waals surface area contributed by atoms with Crippen LogP contribution in [0.4, 0.5) is 0 Å². The molecular formula is C20H24N2O3. The molecule has 2 amide bonds. The quantitative estimate of drug-likeness (QED) is 0.802. The van der Waals surface area contributed by atoms with Gasteiger partial charge in [-0.05, 0) is 31.0 Å². The summed E-state index contributed by atoms with van der Waals surface area (Å²) in [6.45, 7) is 3.44. The van der Waals surface area contributed by atoms with E-state index < -0.39 is 5.91 Å². The molecule has 2 aromatic carbocycles. The van der Waals surface area contributed by atoms with Crippen LogP contribution in [0.5, 0.6) is 5.75 Å². The first kappa shape index (κ1) is 18.5. The SMILES string of the molecule is CC(C)N(CC(N)=O)C(=O)COc1ccccc1Cc1ccccc1. The topological polar surface area (TPSA) is 72.6 Å². The van der Waals surface area contributed by atoms with Gasteiger partial charge in [0.1, 0.15) is 5.75 Å². The number of ether oxygens (including phenoxy) is 1. The summed E-state index contributed by atoms with van der Waals surface area (Å²) in [5.41, 5.74) is 7.39. The summed E-state index contributed by atoms with van der Waals surface area (Å²) >= 11 is 0. The van der Waals surface area contributed by atoms with Crippen molar-refractivity contribution in [3.8, 4) is 5.75 Å². The second-order valence-corrected chi connectivity index (χ2v) is 6.14. The summed E-state index contributed by atoms with van der Waals surface area (Å²) in [4.78, 5) is 24.9. The lowest BCUT2D eigenvalue weighted by molar-refractivity contribution is -0.138. The number of hydrogen-bond acceptors (Lipinski definition) is 3. The molecule has 0 fully saturated rings. The molecule has 5 heteroatoms. The number of carbonyl (C=O) groups is 2. The molecule has 0 aliphatic carbocycles. The molecule has 0 heterocycles. The summed E-state index contributed by atoms with van der Waals surface area (Å²) in [5.74, 6) is -0.127. The molecule has 0 unspecified atom stereocenters. The maximum absolute atomic E-state index is 12.4. The van der Waals surface area contributed by atoms with E-state index in [2.05, 4.69) is 12.1 Å². The Balaban J connectivity index is 2.05. The van der Waals surface area contributed by atoms with E-state index >= 15 is 0 Å². The monoisotopic (exact) mass is 340 g/mol. The van der Waals surface area contributed by atoms with E-state index in [0.29, 0.717) is 5.75 Å². The number of nitrogens with two attached hydrogens (primary N) is 1. The smallest absolute Gasteiger partial charge is 0.261 e. The predicted octanol–water partition coefficient (Wildman–Crippen LogP) is 2.38. The van der Waals surface area contributed by atoms with Gasteiger partial charge in [0.15, 0.2) is 6.61 Å². The lowest BCUT2D eigenvalue weighted by Crippen LogP contribution is -2.44. The van der Waals surface area contributed by atoms with Crippen LogP contribution >= 0.6 is 0 Å². The zero-order chi connectivity index (χ0) is 18.2. The van der Waals surface area contributed by atoms with Crippen molar-refractivity contribution in [2.24, 2.45) is 5.73 Å². The minimum atomic E-state index is -0.536. The Hall–Kier alpha value is -2.82. The molecule has 0 aromatic heterocycles. The summed E-state index contributed by atoms with van der Waals surface area (Å²) in [6, 6.07) is 17.6. The lowest BCUT2D eigenvalue weighted by atomic mass is 10.0. The third-order valence-electron chi connectivity index (χ3n) is 3.83. The van der Waals surface area contributed by atoms with Crippen LogP contribution in [0.3, 0.4) is 0 Å². The molecule has 132 valence electrons. The van der Waals surface area contributed by atoms with Gasteiger partial charge in [-0.15, -0.1) is 0 Å². The number of para-hydroxylation sites is 1. The van der Waals surface area contributed by atoms with Gasteiger partial charge in [0.25, 0.3) is 5.91 Å². The number of carbonyl (C=O) groups excluding carboxylic acids is 2. The molecule has 2 aromatic rings. The lowest BCUT2D eigenvalue weighted by Gasteiger charge is -2.25. The first-order valence-electron chi connectivity index (χ1n) is 8.29. The Labute approximate surface area is 148 Å². The van der Waals surface area contributed by atoms with Gasteiger partial charge in [0.05, 0.1) is 6.54 Å². The van der Waals surface area contributed by atoms with Crippen LogP contribution in [0.15, 0.2) is 54.6 Å². The third-order valence-corrected chi connectivity index (χ3v) is 3.83. The van der Waals surface area contributed by atoms with Crippen molar-refractivity contribution in [2.75, 3.05) is 13.2 Å². The number of rotatable bonds is 8. The summed E-state index contributed by atoms with van der Waals surface area (Å²) in [5, 5.41) is 0. The predicted molar refractivity (Wildman–Crippen MR) is 97.2 cm³/mol. The molecule has 2 rings (SSSR count). The van der Waals surface area contributed by atoms with Gasteiger partial charge >= 0.3 is 0 Å². The number of hydrogen-bond donors (Lipinski definition) is 1. The van der Waals surface area contributed by atoms with Gasteiger partial charge in [-0.25, -0.2) is 0 Å². The van der Waals surface area contributed by atoms with Crippen molar-refractivity contribution in [2.45, 2.75) is 26.3 Å². The van der Waals surface area contributed by atoms with E-state index in [-0.39, 0.29) is 25.1 Å². The van der Waals surface area contributed by atoms with Crippen LogP contribution in [0.25, 0.3) is 0 Å². The normalized spacial score (nSPS) is 10.5. The van der Waals surface area contributed by atoms with Crippen molar-refractivity contribution in [1.82, 2.24) is 4.90 Å². The van der Waals surface area contributed by atoms with Crippen molar-refractivity contribution in [3.05, 3.63) is 65.7 Å². The zero-order valence-electron chi connectivity index (χ0n) is 14.6. The molecule has 5 nitrogen and oxygen atoms in total. The van der Waals surface area contributed by atoms with E-state index in [9.17, 15) is 9.59 Å². The summed E-state index contributed by atoms with van der Waals surface area (Å²) < 4.78 is 5.74. The average Bonchev–Trinajstić information content (AvgIpc) is 2.59. The number of amides is 2. The Morgan fingerprint density at radius 3 is 2.32 bits per heavy atom. The van der Waals surface area contributed by atoms with Gasteiger partial charge < -0.3 is 15.4 Å². The molecule has 25 heavy (non-hydrogen) atoms. The number of primary amides is 1. The van der Waals surface area contributed by atoms with Crippen molar-refractivity contribution in [3.63, 3.8) is 0 Å². The fraction of sp³-hybridized carbons (Fsp3) is 0.300. The molecule has 0 saturated heterocycles. The van der Waals surface area contributed by atoms with E-state index in [1.807, 2.05) is 56.3 Å². The number of nitrogens with zero attached hydrogens (tertiary/aromatic N) is 1. The van der Waals surface area contributed by atoms with Crippen LogP contribution in [-0.2, 0) is 16.0 Å². The first-order chi connectivity index (χ1) is 12.0. The van der Waals surface area contributed by atoms with Crippen molar-refractivity contribution < 1.29 is 14.3 Å². The first-order valence-corrected chi connectivity index (χ1v) is 8.29. The standard InChI is InChI=1S/C20H24N2O3/c1-15(2)22(13-19(21)23)20(24)14-25-18-11-7-6-10-17(18)12-16-8-4-3-5-9-16/h3-11,15H,12-14H2,1-2H3,(H2,21,23). The highest BCUT2D eigenvalue weighted by Crippen LogP contribution is 2.21. The Bertz CT molecular complexity index is 714. The second kappa shape index (κ2) is 8.87. The minimum absolute atomic E-state index is 0.106. The maximum Gasteiger partial charge on any atom is 0.261 e. The highest BCUT2D eigenvalue weighted by Gasteiger charge is 2.19. The molecule has 2 N–H and O–H groups in total. The van der Waals surface area contributed by atoms with Crippen molar-refractivity contribution in [1.29, 1.82) is 0 Å². The molecule has 0 radical (unpaired) electrons. The Morgan fingerprint density at radius 2 is 1.68 bits per heavy atom. The molecule has 0 aliphatic rings. The van der Waals surface area contributed by atoms with Crippen molar-refractivity contribution >= 4 is 11.8 Å². The summed E-state index contributed by atoms with van der Waals surface area (Å²) in [7, 11) is 0. The van der Waals surface area contributed by atoms with Crippen LogP contribution in [0.2, 0.25) is 0 Å². The van der Waals surface area contributed by atoms with Crippen LogP contribution < -0.4 is 10.5 Å². The van der Waals surface area contributed by atoms with Gasteiger partial charge in [-0.2, -0.15) is 0 Å². The molecular weight excluding hydrogens is 316 g/mol. The molecule has 0 aliphatic heterocycles. The van der Waals surface area contributed by atoms with Crippen LogP contribution in [-0.4, -0.2) is 35.9 Å². The van der Waals surface area contributed by atoms with Gasteiger partial charge in [0, 0.05) is 12.5 Å². The highest BCUT2D eigenvalue weighted by atomic mass is 16.5. The second-order valence-electron chi connectivity index (χ2n) is 6.14. The van der Waals surface area contributed by atoms with Gasteiger partial charge in [0.2, 0.25) is 5.91 Å². The molecule has 0 spiro atoms. The molecule has 0 atom stereocenters. The Morgan fingerprint density at radius 1 is 1.04 bits per heavy atom. The van der Waals surface area contributed by atoms with E-state index in [1.165, 1.54) is 10.5 Å². The maximum atomic E-state index is 12.4. The molecule has 0 bridgehead atoms.